The molecule has 0 unspecified atom stereocenters. The highest BCUT2D eigenvalue weighted by molar-refractivity contribution is 6.25. The molecule has 0 amide bonds. The van der Waals surface area contributed by atoms with E-state index in [4.69, 9.17) is 9.47 Å². The molecule has 0 saturated carbocycles. The van der Waals surface area contributed by atoms with Gasteiger partial charge in [0.05, 0.1) is 0 Å². The van der Waals surface area contributed by atoms with Gasteiger partial charge in [0.2, 0.25) is 0 Å². The summed E-state index contributed by atoms with van der Waals surface area (Å²) in [5.41, 5.74) is 6.88. The van der Waals surface area contributed by atoms with E-state index in [1.807, 2.05) is 24.3 Å². The fourth-order valence-corrected chi connectivity index (χ4v) is 6.45. The van der Waals surface area contributed by atoms with Gasteiger partial charge in [0, 0.05) is 6.20 Å². The third-order valence-corrected chi connectivity index (χ3v) is 8.58. The Morgan fingerprint density at radius 3 is 1.48 bits per heavy atom. The van der Waals surface area contributed by atoms with Crippen molar-refractivity contribution in [2.75, 3.05) is 0 Å². The van der Waals surface area contributed by atoms with Gasteiger partial charge in [0.25, 0.3) is 5.88 Å². The zero-order valence-corrected chi connectivity index (χ0v) is 23.7. The predicted octanol–water partition coefficient (Wildman–Crippen LogP) is 11.4. The number of hydrogen-bond donors (Lipinski definition) is 0. The molecule has 0 fully saturated rings. The molecule has 3 heteroatoms. The van der Waals surface area contributed by atoms with E-state index in [9.17, 15) is 0 Å². The van der Waals surface area contributed by atoms with Crippen molar-refractivity contribution in [3.8, 4) is 56.5 Å². The number of aromatic nitrogens is 1. The molecule has 1 aliphatic heterocycles. The van der Waals surface area contributed by atoms with Gasteiger partial charge in [-0.15, -0.1) is 0 Å². The Hall–Kier alpha value is -5.93. The van der Waals surface area contributed by atoms with E-state index in [2.05, 4.69) is 126 Å². The highest BCUT2D eigenvalue weighted by Crippen LogP contribution is 2.45. The van der Waals surface area contributed by atoms with Gasteiger partial charge in [0.1, 0.15) is 0 Å². The first kappa shape index (κ1) is 24.6. The van der Waals surface area contributed by atoms with Gasteiger partial charge in [0.15, 0.2) is 17.2 Å². The van der Waals surface area contributed by atoms with Crippen LogP contribution in [0.25, 0.3) is 65.7 Å². The monoisotopic (exact) mass is 563 g/mol. The topological polar surface area (TPSA) is 31.4 Å². The molecule has 44 heavy (non-hydrogen) atoms. The summed E-state index contributed by atoms with van der Waals surface area (Å²) < 4.78 is 12.1. The van der Waals surface area contributed by atoms with Crippen molar-refractivity contribution in [3.63, 3.8) is 0 Å². The molecule has 8 aromatic rings. The Balaban J connectivity index is 1.10. The summed E-state index contributed by atoms with van der Waals surface area (Å²) >= 11 is 0. The fourth-order valence-electron chi connectivity index (χ4n) is 6.45. The highest BCUT2D eigenvalue weighted by Gasteiger charge is 2.20. The lowest BCUT2D eigenvalue weighted by Crippen LogP contribution is -2.00. The first-order valence-corrected chi connectivity index (χ1v) is 14.8. The zero-order valence-electron chi connectivity index (χ0n) is 23.7. The van der Waals surface area contributed by atoms with Crippen LogP contribution in [-0.4, -0.2) is 4.98 Å². The second-order valence-electron chi connectivity index (χ2n) is 11.2. The lowest BCUT2D eigenvalue weighted by Gasteiger charge is -2.20. The van der Waals surface area contributed by atoms with Crippen molar-refractivity contribution in [2.45, 2.75) is 0 Å². The maximum Gasteiger partial charge on any atom is 0.263 e. The lowest BCUT2D eigenvalue weighted by molar-refractivity contribution is 0.348. The molecule has 2 heterocycles. The number of fused-ring (bicyclic) bond motifs is 8. The SMILES string of the molecule is c1cc(-c2cccc(-c3ccc4c5ccccc5c5ccccc5c4c3)c2)cc(-c2ccc3c(c2)Oc2ncccc2O3)c1. The second-order valence-corrected chi connectivity index (χ2v) is 11.2. The summed E-state index contributed by atoms with van der Waals surface area (Å²) in [5, 5.41) is 7.72. The molecular weight excluding hydrogens is 538 g/mol. The van der Waals surface area contributed by atoms with Crippen molar-refractivity contribution < 1.29 is 9.47 Å². The quantitative estimate of drug-likeness (QED) is 0.200. The standard InChI is InChI=1S/C41H25NO2/c1-2-14-34-32(12-1)33-13-3-4-15-35(33)37-24-30(17-19-36(34)37)28-10-5-8-26(22-28)27-9-6-11-29(23-27)31-18-20-38-40(25-31)44-41-39(43-38)16-7-21-42-41/h1-25H. The van der Waals surface area contributed by atoms with Crippen LogP contribution in [0.5, 0.6) is 23.1 Å². The largest absolute Gasteiger partial charge is 0.448 e. The van der Waals surface area contributed by atoms with Gasteiger partial charge in [-0.1, -0.05) is 103 Å². The summed E-state index contributed by atoms with van der Waals surface area (Å²) in [6.07, 6.45) is 1.71. The number of hydrogen-bond acceptors (Lipinski definition) is 3. The summed E-state index contributed by atoms with van der Waals surface area (Å²) in [5.74, 6) is 2.46. The van der Waals surface area contributed by atoms with E-state index >= 15 is 0 Å². The van der Waals surface area contributed by atoms with Gasteiger partial charge < -0.3 is 9.47 Å². The zero-order chi connectivity index (χ0) is 29.0. The number of benzene rings is 7. The van der Waals surface area contributed by atoms with Crippen LogP contribution in [0.15, 0.2) is 152 Å². The molecule has 7 aromatic carbocycles. The Bertz CT molecular complexity index is 2370. The van der Waals surface area contributed by atoms with Crippen LogP contribution in [-0.2, 0) is 0 Å². The molecule has 0 saturated heterocycles. The van der Waals surface area contributed by atoms with Gasteiger partial charge in [-0.2, -0.15) is 0 Å². The third kappa shape index (κ3) is 4.02. The summed E-state index contributed by atoms with van der Waals surface area (Å²) in [4.78, 5) is 4.31. The van der Waals surface area contributed by atoms with Crippen molar-refractivity contribution in [2.24, 2.45) is 0 Å². The lowest BCUT2D eigenvalue weighted by atomic mass is 9.91. The van der Waals surface area contributed by atoms with Crippen molar-refractivity contribution >= 4 is 32.3 Å². The van der Waals surface area contributed by atoms with Crippen LogP contribution >= 0.6 is 0 Å². The Labute approximate surface area is 254 Å². The fraction of sp³-hybridized carbons (Fsp3) is 0. The summed E-state index contributed by atoms with van der Waals surface area (Å²) in [6.45, 7) is 0. The van der Waals surface area contributed by atoms with Gasteiger partial charge >= 0.3 is 0 Å². The Kier molecular flexibility index (Phi) is 5.50. The predicted molar refractivity (Wildman–Crippen MR) is 180 cm³/mol. The van der Waals surface area contributed by atoms with E-state index in [1.54, 1.807) is 6.20 Å². The minimum absolute atomic E-state index is 0.484. The van der Waals surface area contributed by atoms with Crippen LogP contribution in [0.4, 0.5) is 0 Å². The second kappa shape index (κ2) is 9.82. The number of ether oxygens (including phenoxy) is 2. The summed E-state index contributed by atoms with van der Waals surface area (Å²) in [6, 6.07) is 51.5. The van der Waals surface area contributed by atoms with E-state index < -0.39 is 0 Å². The van der Waals surface area contributed by atoms with E-state index in [0.29, 0.717) is 23.1 Å². The number of nitrogens with zero attached hydrogens (tertiary/aromatic N) is 1. The summed E-state index contributed by atoms with van der Waals surface area (Å²) in [7, 11) is 0. The minimum atomic E-state index is 0.484. The molecule has 0 aliphatic carbocycles. The average Bonchev–Trinajstić information content (AvgIpc) is 3.10. The molecule has 0 spiro atoms. The maximum atomic E-state index is 6.06. The van der Waals surface area contributed by atoms with E-state index in [0.717, 1.165) is 16.7 Å². The molecule has 206 valence electrons. The molecule has 1 aromatic heterocycles. The maximum absolute atomic E-state index is 6.06. The highest BCUT2D eigenvalue weighted by atomic mass is 16.6. The van der Waals surface area contributed by atoms with E-state index in [1.165, 1.54) is 49.0 Å². The first-order chi connectivity index (χ1) is 21.8. The molecule has 0 bridgehead atoms. The number of pyridine rings is 1. The molecule has 0 N–H and O–H groups in total. The van der Waals surface area contributed by atoms with Crippen LogP contribution in [0.1, 0.15) is 0 Å². The minimum Gasteiger partial charge on any atom is -0.448 e. The van der Waals surface area contributed by atoms with Crippen molar-refractivity contribution in [1.82, 2.24) is 4.98 Å². The molecular formula is C41H25NO2. The van der Waals surface area contributed by atoms with E-state index in [-0.39, 0.29) is 0 Å². The first-order valence-electron chi connectivity index (χ1n) is 14.8. The van der Waals surface area contributed by atoms with Crippen molar-refractivity contribution in [3.05, 3.63) is 152 Å². The molecule has 0 atom stereocenters. The number of rotatable bonds is 3. The van der Waals surface area contributed by atoms with Crippen LogP contribution in [0, 0.1) is 0 Å². The van der Waals surface area contributed by atoms with Crippen LogP contribution < -0.4 is 9.47 Å². The smallest absolute Gasteiger partial charge is 0.263 e. The average molecular weight is 564 g/mol. The Morgan fingerprint density at radius 1 is 0.318 bits per heavy atom. The Morgan fingerprint density at radius 2 is 0.841 bits per heavy atom. The van der Waals surface area contributed by atoms with Gasteiger partial charge in [-0.05, 0) is 108 Å². The molecule has 1 aliphatic rings. The van der Waals surface area contributed by atoms with Crippen molar-refractivity contribution in [1.29, 1.82) is 0 Å². The normalized spacial score (nSPS) is 12.0. The van der Waals surface area contributed by atoms with Gasteiger partial charge in [-0.3, -0.25) is 0 Å². The van der Waals surface area contributed by atoms with Crippen LogP contribution in [0.2, 0.25) is 0 Å². The third-order valence-electron chi connectivity index (χ3n) is 8.58. The van der Waals surface area contributed by atoms with Crippen LogP contribution in [0.3, 0.4) is 0 Å². The molecule has 0 radical (unpaired) electrons. The van der Waals surface area contributed by atoms with Gasteiger partial charge in [-0.25, -0.2) is 4.98 Å². The molecule has 9 rings (SSSR count). The molecule has 3 nitrogen and oxygen atoms in total.